The summed E-state index contributed by atoms with van der Waals surface area (Å²) in [5.74, 6) is 0. The second-order valence-corrected chi connectivity index (χ2v) is 2.54. The number of halogens is 1. The van der Waals surface area contributed by atoms with Gasteiger partial charge in [-0.05, 0) is 6.07 Å². The normalized spacial score (nSPS) is 13.7. The van der Waals surface area contributed by atoms with Crippen LogP contribution in [-0.2, 0) is 6.54 Å². The largest absolute Gasteiger partial charge is 0.286 e. The first-order valence-corrected chi connectivity index (χ1v) is 3.39. The number of nitrogens with zero attached hydrogens (tertiary/aromatic N) is 2. The zero-order valence-electron chi connectivity index (χ0n) is 5.21. The van der Waals surface area contributed by atoms with Crippen molar-refractivity contribution in [2.24, 2.45) is 4.99 Å². The minimum Gasteiger partial charge on any atom is -0.286 e. The second-order valence-electron chi connectivity index (χ2n) is 2.15. The SMILES string of the molecule is Clc1ccc2c(n1)C=NC2. The number of fused-ring (bicyclic) bond motifs is 1. The molecule has 0 aromatic carbocycles. The van der Waals surface area contributed by atoms with Crippen molar-refractivity contribution in [3.05, 3.63) is 28.5 Å². The van der Waals surface area contributed by atoms with Crippen molar-refractivity contribution in [1.82, 2.24) is 4.98 Å². The molecule has 0 saturated carbocycles. The Balaban J connectivity index is 2.60. The second kappa shape index (κ2) is 2.06. The van der Waals surface area contributed by atoms with E-state index in [4.69, 9.17) is 11.6 Å². The molecule has 10 heavy (non-hydrogen) atoms. The van der Waals surface area contributed by atoms with Crippen LogP contribution < -0.4 is 0 Å². The fraction of sp³-hybridized carbons (Fsp3) is 0.143. The fourth-order valence-corrected chi connectivity index (χ4v) is 1.11. The molecule has 0 saturated heterocycles. The van der Waals surface area contributed by atoms with Crippen molar-refractivity contribution < 1.29 is 0 Å². The molecule has 0 atom stereocenters. The van der Waals surface area contributed by atoms with E-state index in [9.17, 15) is 0 Å². The van der Waals surface area contributed by atoms with Gasteiger partial charge in [0, 0.05) is 11.8 Å². The lowest BCUT2D eigenvalue weighted by atomic mass is 10.2. The van der Waals surface area contributed by atoms with Crippen molar-refractivity contribution in [2.45, 2.75) is 6.54 Å². The molecule has 0 aliphatic carbocycles. The number of hydrogen-bond donors (Lipinski definition) is 0. The Bertz CT molecular complexity index is 294. The molecule has 0 N–H and O–H groups in total. The van der Waals surface area contributed by atoms with E-state index in [0.29, 0.717) is 5.15 Å². The molecule has 0 radical (unpaired) electrons. The number of aliphatic imine (C=N–C) groups is 1. The van der Waals surface area contributed by atoms with Crippen LogP contribution in [0.4, 0.5) is 0 Å². The average molecular weight is 153 g/mol. The van der Waals surface area contributed by atoms with E-state index >= 15 is 0 Å². The molecule has 50 valence electrons. The van der Waals surface area contributed by atoms with Gasteiger partial charge in [0.25, 0.3) is 0 Å². The summed E-state index contributed by atoms with van der Waals surface area (Å²) in [6.45, 7) is 0.750. The van der Waals surface area contributed by atoms with Gasteiger partial charge in [-0.25, -0.2) is 4.98 Å². The highest BCUT2D eigenvalue weighted by molar-refractivity contribution is 6.29. The van der Waals surface area contributed by atoms with E-state index in [1.165, 1.54) is 0 Å². The molecule has 2 rings (SSSR count). The van der Waals surface area contributed by atoms with Gasteiger partial charge in [-0.2, -0.15) is 0 Å². The summed E-state index contributed by atoms with van der Waals surface area (Å²) in [6.07, 6.45) is 1.75. The standard InChI is InChI=1S/C7H5ClN2/c8-7-2-1-5-3-9-4-6(5)10-7/h1-2,4H,3H2. The van der Waals surface area contributed by atoms with Crippen molar-refractivity contribution in [3.8, 4) is 0 Å². The van der Waals surface area contributed by atoms with Crippen molar-refractivity contribution in [2.75, 3.05) is 0 Å². The fourth-order valence-electron chi connectivity index (χ4n) is 0.955. The molecule has 1 aliphatic rings. The third kappa shape index (κ3) is 0.809. The Morgan fingerprint density at radius 3 is 3.20 bits per heavy atom. The van der Waals surface area contributed by atoms with Gasteiger partial charge in [0.2, 0.25) is 0 Å². The topological polar surface area (TPSA) is 25.2 Å². The Hall–Kier alpha value is -0.890. The van der Waals surface area contributed by atoms with E-state index in [2.05, 4.69) is 9.98 Å². The van der Waals surface area contributed by atoms with Crippen molar-refractivity contribution >= 4 is 17.8 Å². The predicted molar refractivity (Wildman–Crippen MR) is 40.5 cm³/mol. The maximum atomic E-state index is 5.65. The quantitative estimate of drug-likeness (QED) is 0.519. The van der Waals surface area contributed by atoms with Gasteiger partial charge in [0.05, 0.1) is 12.2 Å². The first kappa shape index (κ1) is 5.86. The lowest BCUT2D eigenvalue weighted by molar-refractivity contribution is 1.09. The molecule has 3 heteroatoms. The van der Waals surface area contributed by atoms with Crippen LogP contribution >= 0.6 is 11.6 Å². The summed E-state index contributed by atoms with van der Waals surface area (Å²) in [5, 5.41) is 0.534. The highest BCUT2D eigenvalue weighted by Crippen LogP contribution is 2.14. The number of rotatable bonds is 0. The van der Waals surface area contributed by atoms with Crippen LogP contribution in [0, 0.1) is 0 Å². The smallest absolute Gasteiger partial charge is 0.129 e. The van der Waals surface area contributed by atoms with Gasteiger partial charge in [0.1, 0.15) is 5.15 Å². The molecular weight excluding hydrogens is 148 g/mol. The maximum Gasteiger partial charge on any atom is 0.129 e. The molecule has 1 aromatic rings. The first-order valence-electron chi connectivity index (χ1n) is 3.01. The molecule has 0 amide bonds. The third-order valence-electron chi connectivity index (χ3n) is 1.45. The van der Waals surface area contributed by atoms with Crippen molar-refractivity contribution in [3.63, 3.8) is 0 Å². The summed E-state index contributed by atoms with van der Waals surface area (Å²) in [4.78, 5) is 8.12. The minimum atomic E-state index is 0.534. The van der Waals surface area contributed by atoms with Crippen LogP contribution in [0.1, 0.15) is 11.3 Å². The van der Waals surface area contributed by atoms with Gasteiger partial charge >= 0.3 is 0 Å². The molecular formula is C7H5ClN2. The van der Waals surface area contributed by atoms with Gasteiger partial charge < -0.3 is 0 Å². The van der Waals surface area contributed by atoms with Crippen LogP contribution in [0.3, 0.4) is 0 Å². The Morgan fingerprint density at radius 1 is 1.40 bits per heavy atom. The zero-order chi connectivity index (χ0) is 6.97. The van der Waals surface area contributed by atoms with Crippen molar-refractivity contribution in [1.29, 1.82) is 0 Å². The van der Waals surface area contributed by atoms with Crippen LogP contribution in [0.15, 0.2) is 17.1 Å². The minimum absolute atomic E-state index is 0.534. The first-order chi connectivity index (χ1) is 4.86. The summed E-state index contributed by atoms with van der Waals surface area (Å²) in [6, 6.07) is 3.74. The molecule has 0 spiro atoms. The lowest BCUT2D eigenvalue weighted by Crippen LogP contribution is -1.88. The third-order valence-corrected chi connectivity index (χ3v) is 1.66. The highest BCUT2D eigenvalue weighted by atomic mass is 35.5. The summed E-state index contributed by atoms with van der Waals surface area (Å²) < 4.78 is 0. The van der Waals surface area contributed by atoms with Crippen LogP contribution in [0.25, 0.3) is 0 Å². The molecule has 0 unspecified atom stereocenters. The summed E-state index contributed by atoms with van der Waals surface area (Å²) >= 11 is 5.65. The Kier molecular flexibility index (Phi) is 1.21. The molecule has 0 bridgehead atoms. The van der Waals surface area contributed by atoms with Gasteiger partial charge in [-0.3, -0.25) is 4.99 Å². The average Bonchev–Trinajstić information content (AvgIpc) is 2.33. The van der Waals surface area contributed by atoms with Crippen LogP contribution in [0.5, 0.6) is 0 Å². The number of aromatic nitrogens is 1. The van der Waals surface area contributed by atoms with E-state index in [1.54, 1.807) is 12.3 Å². The highest BCUT2D eigenvalue weighted by Gasteiger charge is 2.06. The monoisotopic (exact) mass is 152 g/mol. The molecule has 0 fully saturated rings. The lowest BCUT2D eigenvalue weighted by Gasteiger charge is -1.93. The molecule has 2 nitrogen and oxygen atoms in total. The summed E-state index contributed by atoms with van der Waals surface area (Å²) in [5.41, 5.74) is 2.07. The van der Waals surface area contributed by atoms with E-state index in [1.807, 2.05) is 6.07 Å². The van der Waals surface area contributed by atoms with Crippen LogP contribution in [-0.4, -0.2) is 11.2 Å². The van der Waals surface area contributed by atoms with E-state index < -0.39 is 0 Å². The zero-order valence-corrected chi connectivity index (χ0v) is 5.97. The molecule has 2 heterocycles. The number of hydrogen-bond acceptors (Lipinski definition) is 2. The van der Waals surface area contributed by atoms with Gasteiger partial charge in [0.15, 0.2) is 0 Å². The van der Waals surface area contributed by atoms with Gasteiger partial charge in [-0.15, -0.1) is 0 Å². The van der Waals surface area contributed by atoms with Gasteiger partial charge in [-0.1, -0.05) is 17.7 Å². The summed E-state index contributed by atoms with van der Waals surface area (Å²) in [7, 11) is 0. The Morgan fingerprint density at radius 2 is 2.30 bits per heavy atom. The van der Waals surface area contributed by atoms with Crippen LogP contribution in [0.2, 0.25) is 5.15 Å². The number of pyridine rings is 1. The maximum absolute atomic E-state index is 5.65. The molecule has 1 aromatic heterocycles. The Labute approximate surface area is 63.6 Å². The van der Waals surface area contributed by atoms with E-state index in [-0.39, 0.29) is 0 Å². The predicted octanol–water partition coefficient (Wildman–Crippen LogP) is 1.67. The molecule has 1 aliphatic heterocycles. The van der Waals surface area contributed by atoms with E-state index in [0.717, 1.165) is 17.8 Å².